The van der Waals surface area contributed by atoms with Gasteiger partial charge in [-0.25, -0.2) is 0 Å². The van der Waals surface area contributed by atoms with Gasteiger partial charge in [0.25, 0.3) is 0 Å². The standard InChI is InChI=1S/C6H16N2.HNO2.Na/c1-2-5-8-6-3-4-7;2-1-3;/h8H,2-7H2,1H3;(H,2,3);/q;;+1/p-1. The molecule has 0 aliphatic rings. The molecule has 6 heteroatoms. The van der Waals surface area contributed by atoms with Crippen LogP contribution >= 0.6 is 0 Å². The number of nitrogens with two attached hydrogens (primary N) is 1. The second-order valence-electron chi connectivity index (χ2n) is 1.97. The molecule has 0 heterocycles. The third-order valence-corrected chi connectivity index (χ3v) is 0.984. The Labute approximate surface area is 95.3 Å². The first-order valence-electron chi connectivity index (χ1n) is 3.69. The molecule has 0 atom stereocenters. The molecule has 0 aromatic carbocycles. The molecule has 0 rings (SSSR count). The fourth-order valence-electron chi connectivity index (χ4n) is 0.529. The second kappa shape index (κ2) is 22.5. The fraction of sp³-hybridized carbons (Fsp3) is 1.00. The molecule has 0 aliphatic carbocycles. The molecule has 0 fully saturated rings. The van der Waals surface area contributed by atoms with E-state index < -0.39 is 0 Å². The van der Waals surface area contributed by atoms with Gasteiger partial charge in [0, 0.05) is 0 Å². The van der Waals surface area contributed by atoms with E-state index in [4.69, 9.17) is 15.8 Å². The van der Waals surface area contributed by atoms with Gasteiger partial charge in [0.15, 0.2) is 0 Å². The van der Waals surface area contributed by atoms with Gasteiger partial charge in [-0.3, -0.25) is 0 Å². The summed E-state index contributed by atoms with van der Waals surface area (Å²) in [5.74, 6) is 0. The quantitative estimate of drug-likeness (QED) is 0.216. The van der Waals surface area contributed by atoms with Crippen LogP contribution < -0.4 is 40.6 Å². The van der Waals surface area contributed by atoms with Crippen LogP contribution in [0.5, 0.6) is 0 Å². The summed E-state index contributed by atoms with van der Waals surface area (Å²) in [5.41, 5.74) is 5.27. The van der Waals surface area contributed by atoms with Crippen LogP contribution in [0.25, 0.3) is 0 Å². The zero-order chi connectivity index (χ0) is 8.95. The molecule has 0 amide bonds. The molecule has 0 radical (unpaired) electrons. The van der Waals surface area contributed by atoms with Gasteiger partial charge in [-0.1, -0.05) is 6.92 Å². The van der Waals surface area contributed by atoms with Gasteiger partial charge >= 0.3 is 29.6 Å². The first-order valence-corrected chi connectivity index (χ1v) is 3.69. The van der Waals surface area contributed by atoms with Crippen molar-refractivity contribution in [2.24, 2.45) is 11.1 Å². The van der Waals surface area contributed by atoms with E-state index in [-0.39, 0.29) is 29.6 Å². The zero-order valence-electron chi connectivity index (χ0n) is 7.88. The molecule has 0 aliphatic heterocycles. The van der Waals surface area contributed by atoms with Gasteiger partial charge in [0.05, 0.1) is 0 Å². The van der Waals surface area contributed by atoms with Crippen LogP contribution in [0.3, 0.4) is 0 Å². The predicted octanol–water partition coefficient (Wildman–Crippen LogP) is -2.41. The van der Waals surface area contributed by atoms with Crippen LogP contribution in [0.15, 0.2) is 5.34 Å². The van der Waals surface area contributed by atoms with Crippen LogP contribution in [0, 0.1) is 10.1 Å². The fourth-order valence-corrected chi connectivity index (χ4v) is 0.529. The largest absolute Gasteiger partial charge is 1.00 e. The number of hydrogen-bond acceptors (Lipinski definition) is 5. The Morgan fingerprint density at radius 2 is 2.00 bits per heavy atom. The van der Waals surface area contributed by atoms with Crippen molar-refractivity contribution in [2.45, 2.75) is 19.8 Å². The Balaban J connectivity index is -0.000000177. The first-order chi connectivity index (χ1) is 5.33. The van der Waals surface area contributed by atoms with Crippen LogP contribution in [-0.4, -0.2) is 19.6 Å². The van der Waals surface area contributed by atoms with Gasteiger partial charge in [0.1, 0.15) is 0 Å². The normalized spacial score (nSPS) is 7.50. The van der Waals surface area contributed by atoms with Crippen molar-refractivity contribution in [2.75, 3.05) is 19.6 Å². The van der Waals surface area contributed by atoms with Gasteiger partial charge in [-0.2, -0.15) is 0 Å². The van der Waals surface area contributed by atoms with Crippen molar-refractivity contribution >= 4 is 0 Å². The van der Waals surface area contributed by atoms with Crippen molar-refractivity contribution < 1.29 is 29.6 Å². The van der Waals surface area contributed by atoms with Crippen molar-refractivity contribution in [1.29, 1.82) is 0 Å². The molecule has 3 N–H and O–H groups in total. The molecule has 68 valence electrons. The topological polar surface area (TPSA) is 90.5 Å². The Kier molecular flexibility index (Phi) is 34.1. The summed E-state index contributed by atoms with van der Waals surface area (Å²) in [6, 6.07) is 0. The molecule has 0 bridgehead atoms. The minimum Gasteiger partial charge on any atom is -0.444 e. The van der Waals surface area contributed by atoms with Gasteiger partial charge in [-0.05, 0) is 32.5 Å². The molecule has 0 saturated carbocycles. The molecule has 5 nitrogen and oxygen atoms in total. The van der Waals surface area contributed by atoms with Crippen LogP contribution in [-0.2, 0) is 0 Å². The smallest absolute Gasteiger partial charge is 0.444 e. The number of hydrogen-bond donors (Lipinski definition) is 2. The summed E-state index contributed by atoms with van der Waals surface area (Å²) in [6.07, 6.45) is 2.31. The van der Waals surface area contributed by atoms with Crippen LogP contribution in [0.2, 0.25) is 0 Å². The van der Waals surface area contributed by atoms with Crippen molar-refractivity contribution in [3.63, 3.8) is 0 Å². The molecule has 12 heavy (non-hydrogen) atoms. The summed E-state index contributed by atoms with van der Waals surface area (Å²) in [4.78, 5) is 8.00. The summed E-state index contributed by atoms with van der Waals surface area (Å²) in [5, 5.41) is 12.3. The number of nitrogens with one attached hydrogen (secondary N) is 1. The zero-order valence-corrected chi connectivity index (χ0v) is 9.88. The monoisotopic (exact) mass is 185 g/mol. The van der Waals surface area contributed by atoms with E-state index in [0.29, 0.717) is 0 Å². The van der Waals surface area contributed by atoms with Gasteiger partial charge in [-0.15, -0.1) is 5.34 Å². The average molecular weight is 185 g/mol. The van der Waals surface area contributed by atoms with E-state index in [0.717, 1.165) is 31.4 Å². The van der Waals surface area contributed by atoms with Gasteiger partial charge in [0.2, 0.25) is 0 Å². The third kappa shape index (κ3) is 31.7. The minimum absolute atomic E-state index is 0. The summed E-state index contributed by atoms with van der Waals surface area (Å²) < 4.78 is 0. The van der Waals surface area contributed by atoms with Crippen molar-refractivity contribution in [1.82, 2.24) is 5.32 Å². The average Bonchev–Trinajstić information content (AvgIpc) is 2.00. The van der Waals surface area contributed by atoms with E-state index in [9.17, 15) is 0 Å². The summed E-state index contributed by atoms with van der Waals surface area (Å²) in [6.45, 7) is 5.16. The Morgan fingerprint density at radius 1 is 1.50 bits per heavy atom. The summed E-state index contributed by atoms with van der Waals surface area (Å²) >= 11 is 0. The van der Waals surface area contributed by atoms with E-state index >= 15 is 0 Å². The predicted molar refractivity (Wildman–Crippen MR) is 46.0 cm³/mol. The molecular weight excluding hydrogens is 169 g/mol. The summed E-state index contributed by atoms with van der Waals surface area (Å²) in [7, 11) is 0. The van der Waals surface area contributed by atoms with Crippen LogP contribution in [0.1, 0.15) is 19.8 Å². The van der Waals surface area contributed by atoms with Gasteiger partial charge < -0.3 is 21.2 Å². The maximum absolute atomic E-state index is 8.00. The van der Waals surface area contributed by atoms with E-state index in [1.807, 2.05) is 0 Å². The van der Waals surface area contributed by atoms with Crippen molar-refractivity contribution in [3.05, 3.63) is 10.1 Å². The Hall–Kier alpha value is 0.320. The maximum Gasteiger partial charge on any atom is 1.00 e. The van der Waals surface area contributed by atoms with Crippen molar-refractivity contribution in [3.8, 4) is 0 Å². The molecule has 0 aromatic rings. The number of rotatable bonds is 5. The Morgan fingerprint density at radius 3 is 2.33 bits per heavy atom. The molecular formula is C6H16N3NaO2. The van der Waals surface area contributed by atoms with Crippen LogP contribution in [0.4, 0.5) is 0 Å². The molecule has 0 aromatic heterocycles. The van der Waals surface area contributed by atoms with E-state index in [2.05, 4.69) is 12.2 Å². The Bertz CT molecular complexity index is 69.8. The molecule has 0 saturated heterocycles. The number of nitrogens with zero attached hydrogens (tertiary/aromatic N) is 1. The first kappa shape index (κ1) is 18.2. The second-order valence-corrected chi connectivity index (χ2v) is 1.97. The molecule has 0 unspecified atom stereocenters. The van der Waals surface area contributed by atoms with E-state index in [1.54, 1.807) is 0 Å². The maximum atomic E-state index is 8.00. The SMILES string of the molecule is CCCNCCCN.O=N[O-].[Na+]. The third-order valence-electron chi connectivity index (χ3n) is 0.984. The minimum atomic E-state index is 0. The molecule has 0 spiro atoms. The van der Waals surface area contributed by atoms with E-state index in [1.165, 1.54) is 6.42 Å².